The highest BCUT2D eigenvalue weighted by Crippen LogP contribution is 2.20. The van der Waals surface area contributed by atoms with Crippen LogP contribution in [-0.4, -0.2) is 84.9 Å². The summed E-state index contributed by atoms with van der Waals surface area (Å²) in [5, 5.41) is 0. The molecule has 2 heterocycles. The molecular weight excluding hydrogens is 397 g/mol. The molecule has 0 spiro atoms. The van der Waals surface area contributed by atoms with Crippen LogP contribution in [0.5, 0.6) is 5.75 Å². The normalized spacial score (nSPS) is 20.4. The lowest BCUT2D eigenvalue weighted by molar-refractivity contribution is -0.136. The topological polar surface area (TPSA) is 53.1 Å². The number of ketones is 1. The first-order valence-electron chi connectivity index (χ1n) is 11.6. The van der Waals surface area contributed by atoms with Gasteiger partial charge in [-0.25, -0.2) is 4.39 Å². The maximum Gasteiger partial charge on any atom is 0.225 e. The van der Waals surface area contributed by atoms with Gasteiger partial charge in [-0.05, 0) is 50.9 Å². The van der Waals surface area contributed by atoms with Crippen LogP contribution in [0.1, 0.15) is 50.4 Å². The first kappa shape index (κ1) is 23.7. The largest absolute Gasteiger partial charge is 0.490 e. The number of rotatable bonds is 9. The zero-order chi connectivity index (χ0) is 22.4. The number of carbonyl (C=O) groups is 2. The Hall–Kier alpha value is -1.99. The lowest BCUT2D eigenvalue weighted by Gasteiger charge is -2.35. The summed E-state index contributed by atoms with van der Waals surface area (Å²) in [5.41, 5.74) is 0.358. The van der Waals surface area contributed by atoms with Crippen molar-refractivity contribution in [2.75, 3.05) is 52.4 Å². The highest BCUT2D eigenvalue weighted by atomic mass is 19.1. The standard InChI is InChI=1S/C24H36FN3O3/c1-18(2)24(30)28-13-11-26(12-14-28)17-22(29)20-7-8-23(21(25)16-20)31-15-5-10-27-9-4-6-19(27)3/h7-8,16,18-19H,4-6,9-15,17H2,1-3H3. The van der Waals surface area contributed by atoms with Crippen LogP contribution in [0.3, 0.4) is 0 Å². The van der Waals surface area contributed by atoms with Crippen molar-refractivity contribution in [1.82, 2.24) is 14.7 Å². The molecular formula is C24H36FN3O3. The van der Waals surface area contributed by atoms with Gasteiger partial charge in [0.05, 0.1) is 13.2 Å². The summed E-state index contributed by atoms with van der Waals surface area (Å²) in [6, 6.07) is 5.10. The van der Waals surface area contributed by atoms with Crippen molar-refractivity contribution in [3.63, 3.8) is 0 Å². The van der Waals surface area contributed by atoms with Gasteiger partial charge in [-0.3, -0.25) is 14.5 Å². The Labute approximate surface area is 185 Å². The Morgan fingerprint density at radius 3 is 2.52 bits per heavy atom. The molecule has 7 heteroatoms. The van der Waals surface area contributed by atoms with Crippen molar-refractivity contribution in [2.24, 2.45) is 5.92 Å². The molecule has 31 heavy (non-hydrogen) atoms. The third kappa shape index (κ3) is 6.50. The molecule has 2 aliphatic heterocycles. The maximum atomic E-state index is 14.4. The third-order valence-corrected chi connectivity index (χ3v) is 6.34. The number of hydrogen-bond donors (Lipinski definition) is 0. The predicted octanol–water partition coefficient (Wildman–Crippen LogP) is 3.06. The minimum Gasteiger partial charge on any atom is -0.490 e. The van der Waals surface area contributed by atoms with E-state index < -0.39 is 5.82 Å². The van der Waals surface area contributed by atoms with Crippen molar-refractivity contribution < 1.29 is 18.7 Å². The molecule has 2 aliphatic rings. The number of ether oxygens (including phenoxy) is 1. The Bertz CT molecular complexity index is 762. The molecule has 6 nitrogen and oxygen atoms in total. The van der Waals surface area contributed by atoms with Crippen molar-refractivity contribution in [3.05, 3.63) is 29.6 Å². The number of likely N-dealkylation sites (tertiary alicyclic amines) is 1. The highest BCUT2D eigenvalue weighted by molar-refractivity contribution is 5.97. The predicted molar refractivity (Wildman–Crippen MR) is 119 cm³/mol. The molecule has 0 N–H and O–H groups in total. The van der Waals surface area contributed by atoms with Crippen LogP contribution in [0.15, 0.2) is 18.2 Å². The van der Waals surface area contributed by atoms with E-state index in [2.05, 4.69) is 11.8 Å². The molecule has 3 rings (SSSR count). The van der Waals surface area contributed by atoms with Crippen molar-refractivity contribution in [3.8, 4) is 5.75 Å². The van der Waals surface area contributed by atoms with Gasteiger partial charge in [0.2, 0.25) is 5.91 Å². The van der Waals surface area contributed by atoms with E-state index in [-0.39, 0.29) is 29.9 Å². The molecule has 0 radical (unpaired) electrons. The molecule has 1 aromatic rings. The van der Waals surface area contributed by atoms with Crippen LogP contribution in [0.2, 0.25) is 0 Å². The number of halogens is 1. The van der Waals surface area contributed by atoms with Gasteiger partial charge in [-0.15, -0.1) is 0 Å². The summed E-state index contributed by atoms with van der Waals surface area (Å²) in [4.78, 5) is 31.0. The van der Waals surface area contributed by atoms with Crippen molar-refractivity contribution in [1.29, 1.82) is 0 Å². The van der Waals surface area contributed by atoms with Gasteiger partial charge >= 0.3 is 0 Å². The summed E-state index contributed by atoms with van der Waals surface area (Å²) in [7, 11) is 0. The minimum absolute atomic E-state index is 0.0133. The quantitative estimate of drug-likeness (QED) is 0.443. The van der Waals surface area contributed by atoms with E-state index in [1.54, 1.807) is 12.1 Å². The van der Waals surface area contributed by atoms with E-state index in [1.165, 1.54) is 18.9 Å². The number of amides is 1. The average molecular weight is 434 g/mol. The van der Waals surface area contributed by atoms with Gasteiger partial charge in [-0.1, -0.05) is 13.8 Å². The number of hydrogen-bond acceptors (Lipinski definition) is 5. The first-order valence-corrected chi connectivity index (χ1v) is 11.6. The van der Waals surface area contributed by atoms with Crippen LogP contribution < -0.4 is 4.74 Å². The highest BCUT2D eigenvalue weighted by Gasteiger charge is 2.24. The number of nitrogens with zero attached hydrogens (tertiary/aromatic N) is 3. The Morgan fingerprint density at radius 2 is 1.90 bits per heavy atom. The Balaban J connectivity index is 1.42. The molecule has 0 bridgehead atoms. The van der Waals surface area contributed by atoms with Gasteiger partial charge in [0.15, 0.2) is 17.3 Å². The molecule has 2 fully saturated rings. The molecule has 1 unspecified atom stereocenters. The summed E-state index contributed by atoms with van der Waals surface area (Å²) >= 11 is 0. The molecule has 0 aromatic heterocycles. The number of Topliss-reactive ketones (excluding diaryl/α,β-unsaturated/α-hetero) is 1. The zero-order valence-electron chi connectivity index (χ0n) is 19.1. The molecule has 1 atom stereocenters. The smallest absolute Gasteiger partial charge is 0.225 e. The van der Waals surface area contributed by atoms with E-state index in [4.69, 9.17) is 4.74 Å². The zero-order valence-corrected chi connectivity index (χ0v) is 19.1. The van der Waals surface area contributed by atoms with E-state index in [0.29, 0.717) is 44.4 Å². The number of carbonyl (C=O) groups excluding carboxylic acids is 2. The van der Waals surface area contributed by atoms with Crippen LogP contribution in [0.25, 0.3) is 0 Å². The van der Waals surface area contributed by atoms with Gasteiger partial charge < -0.3 is 14.5 Å². The number of benzene rings is 1. The van der Waals surface area contributed by atoms with Crippen LogP contribution in [0.4, 0.5) is 4.39 Å². The fraction of sp³-hybridized carbons (Fsp3) is 0.667. The fourth-order valence-corrected chi connectivity index (χ4v) is 4.35. The summed E-state index contributed by atoms with van der Waals surface area (Å²) in [6.45, 7) is 11.4. The molecule has 0 aliphatic carbocycles. The maximum absolute atomic E-state index is 14.4. The average Bonchev–Trinajstić information content (AvgIpc) is 3.16. The summed E-state index contributed by atoms with van der Waals surface area (Å²) in [5.74, 6) is -0.268. The lowest BCUT2D eigenvalue weighted by atomic mass is 10.1. The Kier molecular flexibility index (Phi) is 8.43. The van der Waals surface area contributed by atoms with Crippen LogP contribution >= 0.6 is 0 Å². The minimum atomic E-state index is -0.493. The third-order valence-electron chi connectivity index (χ3n) is 6.34. The molecule has 172 valence electrons. The second kappa shape index (κ2) is 11.0. The molecule has 0 saturated carbocycles. The van der Waals surface area contributed by atoms with E-state index in [1.807, 2.05) is 23.6 Å². The van der Waals surface area contributed by atoms with E-state index in [9.17, 15) is 14.0 Å². The van der Waals surface area contributed by atoms with Gasteiger partial charge in [-0.2, -0.15) is 0 Å². The van der Waals surface area contributed by atoms with E-state index in [0.717, 1.165) is 19.5 Å². The monoisotopic (exact) mass is 433 g/mol. The first-order chi connectivity index (χ1) is 14.8. The second-order valence-corrected chi connectivity index (χ2v) is 9.05. The SMILES string of the molecule is CC(C)C(=O)N1CCN(CC(=O)c2ccc(OCCCN3CCCC3C)c(F)c2)CC1. The molecule has 1 amide bonds. The van der Waals surface area contributed by atoms with Crippen molar-refractivity contribution >= 4 is 11.7 Å². The molecule has 2 saturated heterocycles. The van der Waals surface area contributed by atoms with Crippen molar-refractivity contribution in [2.45, 2.75) is 46.1 Å². The van der Waals surface area contributed by atoms with Gasteiger partial charge in [0.25, 0.3) is 0 Å². The van der Waals surface area contributed by atoms with E-state index >= 15 is 0 Å². The fourth-order valence-electron chi connectivity index (χ4n) is 4.35. The summed E-state index contributed by atoms with van der Waals surface area (Å²) in [6.07, 6.45) is 3.35. The molecule has 1 aromatic carbocycles. The van der Waals surface area contributed by atoms with Crippen LogP contribution in [-0.2, 0) is 4.79 Å². The van der Waals surface area contributed by atoms with Crippen LogP contribution in [0, 0.1) is 11.7 Å². The van der Waals surface area contributed by atoms with Gasteiger partial charge in [0, 0.05) is 50.2 Å². The Morgan fingerprint density at radius 1 is 1.16 bits per heavy atom. The second-order valence-electron chi connectivity index (χ2n) is 9.05. The lowest BCUT2D eigenvalue weighted by Crippen LogP contribution is -2.50. The number of piperazine rings is 1. The van der Waals surface area contributed by atoms with Gasteiger partial charge in [0.1, 0.15) is 0 Å². The summed E-state index contributed by atoms with van der Waals surface area (Å²) < 4.78 is 20.1.